The molecule has 0 radical (unpaired) electrons. The molecule has 1 fully saturated rings. The summed E-state index contributed by atoms with van der Waals surface area (Å²) in [5.74, 6) is 1.37. The van der Waals surface area contributed by atoms with Crippen molar-refractivity contribution in [3.05, 3.63) is 29.8 Å². The SMILES string of the molecule is COc1cccc(C(O)CNC(=O)CCC2CCNCC2)c1.Cl. The van der Waals surface area contributed by atoms with Gasteiger partial charge in [-0.3, -0.25) is 4.79 Å². The zero-order valence-electron chi connectivity index (χ0n) is 13.6. The number of rotatable bonds is 7. The molecule has 0 aromatic heterocycles. The van der Waals surface area contributed by atoms with Crippen molar-refractivity contribution in [3.8, 4) is 5.75 Å². The first-order valence-electron chi connectivity index (χ1n) is 7.98. The lowest BCUT2D eigenvalue weighted by Gasteiger charge is -2.22. The van der Waals surface area contributed by atoms with Gasteiger partial charge in [-0.1, -0.05) is 12.1 Å². The fraction of sp³-hybridized carbons (Fsp3) is 0.588. The molecule has 1 aliphatic heterocycles. The number of piperidine rings is 1. The van der Waals surface area contributed by atoms with E-state index in [9.17, 15) is 9.90 Å². The number of benzene rings is 1. The summed E-state index contributed by atoms with van der Waals surface area (Å²) in [5.41, 5.74) is 0.748. The molecule has 0 aliphatic carbocycles. The van der Waals surface area contributed by atoms with Gasteiger partial charge < -0.3 is 20.5 Å². The van der Waals surface area contributed by atoms with E-state index in [4.69, 9.17) is 4.74 Å². The molecule has 23 heavy (non-hydrogen) atoms. The number of aliphatic hydroxyl groups is 1. The van der Waals surface area contributed by atoms with Crippen molar-refractivity contribution >= 4 is 18.3 Å². The van der Waals surface area contributed by atoms with Crippen LogP contribution in [-0.4, -0.2) is 37.8 Å². The molecular weight excluding hydrogens is 316 g/mol. The highest BCUT2D eigenvalue weighted by molar-refractivity contribution is 5.85. The molecule has 1 aliphatic rings. The minimum atomic E-state index is -0.710. The van der Waals surface area contributed by atoms with Gasteiger partial charge in [0.05, 0.1) is 13.2 Å². The molecule has 1 unspecified atom stereocenters. The maximum absolute atomic E-state index is 11.9. The van der Waals surface area contributed by atoms with E-state index in [0.29, 0.717) is 18.1 Å². The van der Waals surface area contributed by atoms with E-state index in [2.05, 4.69) is 10.6 Å². The lowest BCUT2D eigenvalue weighted by atomic mass is 9.93. The lowest BCUT2D eigenvalue weighted by molar-refractivity contribution is -0.121. The molecule has 0 saturated carbocycles. The summed E-state index contributed by atoms with van der Waals surface area (Å²) < 4.78 is 5.13. The maximum Gasteiger partial charge on any atom is 0.220 e. The second-order valence-corrected chi connectivity index (χ2v) is 5.83. The molecule has 130 valence electrons. The Kier molecular flexibility index (Phi) is 8.99. The number of aliphatic hydroxyl groups excluding tert-OH is 1. The van der Waals surface area contributed by atoms with Crippen LogP contribution in [0.2, 0.25) is 0 Å². The topological polar surface area (TPSA) is 70.6 Å². The molecule has 2 rings (SSSR count). The molecule has 0 spiro atoms. The molecule has 1 saturated heterocycles. The Labute approximate surface area is 144 Å². The first-order valence-corrected chi connectivity index (χ1v) is 7.98. The van der Waals surface area contributed by atoms with Crippen LogP contribution in [-0.2, 0) is 4.79 Å². The van der Waals surface area contributed by atoms with Crippen LogP contribution in [0.25, 0.3) is 0 Å². The van der Waals surface area contributed by atoms with Gasteiger partial charge in [-0.2, -0.15) is 0 Å². The number of hydrogen-bond acceptors (Lipinski definition) is 4. The molecular formula is C17H27ClN2O3. The van der Waals surface area contributed by atoms with E-state index < -0.39 is 6.10 Å². The van der Waals surface area contributed by atoms with Gasteiger partial charge in [0, 0.05) is 13.0 Å². The van der Waals surface area contributed by atoms with Crippen LogP contribution in [0.15, 0.2) is 24.3 Å². The van der Waals surface area contributed by atoms with E-state index in [1.165, 1.54) is 0 Å². The number of nitrogens with one attached hydrogen (secondary N) is 2. The van der Waals surface area contributed by atoms with E-state index in [0.717, 1.165) is 37.9 Å². The van der Waals surface area contributed by atoms with Gasteiger partial charge in [-0.25, -0.2) is 0 Å². The maximum atomic E-state index is 11.9. The van der Waals surface area contributed by atoms with E-state index in [-0.39, 0.29) is 24.9 Å². The summed E-state index contributed by atoms with van der Waals surface area (Å²) >= 11 is 0. The van der Waals surface area contributed by atoms with Crippen molar-refractivity contribution in [2.24, 2.45) is 5.92 Å². The Morgan fingerprint density at radius 2 is 2.17 bits per heavy atom. The Morgan fingerprint density at radius 1 is 1.43 bits per heavy atom. The Bertz CT molecular complexity index is 479. The molecule has 1 amide bonds. The number of amides is 1. The first-order chi connectivity index (χ1) is 10.7. The zero-order chi connectivity index (χ0) is 15.8. The quantitative estimate of drug-likeness (QED) is 0.709. The van der Waals surface area contributed by atoms with Crippen molar-refractivity contribution < 1.29 is 14.6 Å². The number of methoxy groups -OCH3 is 1. The largest absolute Gasteiger partial charge is 0.497 e. The summed E-state index contributed by atoms with van der Waals surface area (Å²) in [5, 5.41) is 16.3. The highest BCUT2D eigenvalue weighted by atomic mass is 35.5. The van der Waals surface area contributed by atoms with Crippen molar-refractivity contribution in [2.75, 3.05) is 26.7 Å². The summed E-state index contributed by atoms with van der Waals surface area (Å²) in [6.45, 7) is 2.35. The summed E-state index contributed by atoms with van der Waals surface area (Å²) in [7, 11) is 1.59. The average Bonchev–Trinajstić information content (AvgIpc) is 2.58. The Balaban J connectivity index is 0.00000264. The van der Waals surface area contributed by atoms with Crippen molar-refractivity contribution in [3.63, 3.8) is 0 Å². The van der Waals surface area contributed by atoms with E-state index in [1.807, 2.05) is 18.2 Å². The van der Waals surface area contributed by atoms with Crippen LogP contribution >= 0.6 is 12.4 Å². The van der Waals surface area contributed by atoms with Gasteiger partial charge in [0.2, 0.25) is 5.91 Å². The monoisotopic (exact) mass is 342 g/mol. The predicted octanol–water partition coefficient (Wildman–Crippen LogP) is 2.05. The molecule has 6 heteroatoms. The highest BCUT2D eigenvalue weighted by Gasteiger charge is 2.15. The van der Waals surface area contributed by atoms with Gasteiger partial charge in [-0.05, 0) is 56.0 Å². The third-order valence-electron chi connectivity index (χ3n) is 4.21. The third-order valence-corrected chi connectivity index (χ3v) is 4.21. The summed E-state index contributed by atoms with van der Waals surface area (Å²) in [6.07, 6.45) is 3.07. The van der Waals surface area contributed by atoms with Crippen molar-refractivity contribution in [2.45, 2.75) is 31.8 Å². The fourth-order valence-electron chi connectivity index (χ4n) is 2.77. The van der Waals surface area contributed by atoms with Gasteiger partial charge in [-0.15, -0.1) is 12.4 Å². The molecule has 5 nitrogen and oxygen atoms in total. The van der Waals surface area contributed by atoms with Crippen molar-refractivity contribution in [1.82, 2.24) is 10.6 Å². The number of carbonyl (C=O) groups is 1. The highest BCUT2D eigenvalue weighted by Crippen LogP contribution is 2.19. The van der Waals surface area contributed by atoms with Crippen LogP contribution in [0, 0.1) is 5.92 Å². The average molecular weight is 343 g/mol. The third kappa shape index (κ3) is 6.77. The predicted molar refractivity (Wildman–Crippen MR) is 93.0 cm³/mol. The molecule has 3 N–H and O–H groups in total. The smallest absolute Gasteiger partial charge is 0.220 e. The van der Waals surface area contributed by atoms with Crippen LogP contribution in [0.5, 0.6) is 5.75 Å². The van der Waals surface area contributed by atoms with Crippen molar-refractivity contribution in [1.29, 1.82) is 0 Å². The first kappa shape index (κ1) is 19.7. The molecule has 1 aromatic rings. The number of halogens is 1. The number of ether oxygens (including phenoxy) is 1. The van der Waals surface area contributed by atoms with E-state index in [1.54, 1.807) is 13.2 Å². The second kappa shape index (κ2) is 10.5. The Hall–Kier alpha value is -1.30. The molecule has 1 atom stereocenters. The normalized spacial score (nSPS) is 16.3. The van der Waals surface area contributed by atoms with Crippen LogP contribution < -0.4 is 15.4 Å². The van der Waals surface area contributed by atoms with Crippen LogP contribution in [0.1, 0.15) is 37.4 Å². The standard InChI is InChI=1S/C17H26N2O3.ClH/c1-22-15-4-2-3-14(11-15)16(20)12-19-17(21)6-5-13-7-9-18-10-8-13;/h2-4,11,13,16,18,20H,5-10,12H2,1H3,(H,19,21);1H. The van der Waals surface area contributed by atoms with Gasteiger partial charge in [0.1, 0.15) is 5.75 Å². The zero-order valence-corrected chi connectivity index (χ0v) is 14.4. The van der Waals surface area contributed by atoms with Crippen LogP contribution in [0.4, 0.5) is 0 Å². The fourth-order valence-corrected chi connectivity index (χ4v) is 2.77. The minimum absolute atomic E-state index is 0. The summed E-state index contributed by atoms with van der Waals surface area (Å²) in [4.78, 5) is 11.9. The van der Waals surface area contributed by atoms with E-state index >= 15 is 0 Å². The molecule has 1 aromatic carbocycles. The number of carbonyl (C=O) groups excluding carboxylic acids is 1. The van der Waals surface area contributed by atoms with Gasteiger partial charge in [0.15, 0.2) is 0 Å². The Morgan fingerprint density at radius 3 is 2.87 bits per heavy atom. The van der Waals surface area contributed by atoms with Gasteiger partial charge >= 0.3 is 0 Å². The molecule has 0 bridgehead atoms. The lowest BCUT2D eigenvalue weighted by Crippen LogP contribution is -2.31. The second-order valence-electron chi connectivity index (χ2n) is 5.83. The van der Waals surface area contributed by atoms with Gasteiger partial charge in [0.25, 0.3) is 0 Å². The summed E-state index contributed by atoms with van der Waals surface area (Å²) in [6, 6.07) is 7.27. The molecule has 1 heterocycles. The van der Waals surface area contributed by atoms with Crippen LogP contribution in [0.3, 0.4) is 0 Å². The minimum Gasteiger partial charge on any atom is -0.497 e. The number of hydrogen-bond donors (Lipinski definition) is 3.